The lowest BCUT2D eigenvalue weighted by Gasteiger charge is -2.39. The number of piperidine rings is 1. The first kappa shape index (κ1) is 21.0. The van der Waals surface area contributed by atoms with Crippen LogP contribution in [0, 0.1) is 0 Å². The molecule has 6 nitrogen and oxygen atoms in total. The van der Waals surface area contributed by atoms with E-state index in [1.807, 2.05) is 35.2 Å². The summed E-state index contributed by atoms with van der Waals surface area (Å²) in [6, 6.07) is 17.1. The van der Waals surface area contributed by atoms with Crippen LogP contribution < -0.4 is 10.1 Å². The van der Waals surface area contributed by atoms with Gasteiger partial charge < -0.3 is 15.2 Å². The molecule has 2 N–H and O–H groups in total. The minimum atomic E-state index is -0.873. The third-order valence-electron chi connectivity index (χ3n) is 6.55. The molecule has 0 amide bonds. The third-order valence-corrected chi connectivity index (χ3v) is 7.18. The molecule has 0 saturated carbocycles. The molecule has 32 heavy (non-hydrogen) atoms. The minimum absolute atomic E-state index is 0.346. The van der Waals surface area contributed by atoms with Crippen molar-refractivity contribution in [3.63, 3.8) is 0 Å². The number of carboxylic acid groups (broad SMARTS) is 1. The van der Waals surface area contributed by atoms with Crippen molar-refractivity contribution in [2.75, 3.05) is 5.32 Å². The summed E-state index contributed by atoms with van der Waals surface area (Å²) in [4.78, 5) is 17.9. The standard InChI is InChI=1S/C25H27N3O3S/c29-25(30)18-3-1-17(2-4-18)13-28-22-7-8-23(28)12-20(11-22)27-19-5-9-24(10-6-19)31-14-21-15-32-16-26-21/h1-6,9-10,15-16,20,22-23,27H,7-8,11-14H2,(H,29,30)/t20-,22-,23+. The first-order valence-electron chi connectivity index (χ1n) is 11.1. The molecule has 2 aliphatic heterocycles. The van der Waals surface area contributed by atoms with Gasteiger partial charge in [0.05, 0.1) is 16.8 Å². The molecule has 7 heteroatoms. The van der Waals surface area contributed by atoms with E-state index >= 15 is 0 Å². The lowest BCUT2D eigenvalue weighted by molar-refractivity contribution is 0.0696. The van der Waals surface area contributed by atoms with Crippen molar-refractivity contribution in [1.29, 1.82) is 0 Å². The highest BCUT2D eigenvalue weighted by atomic mass is 32.1. The number of carboxylic acids is 1. The van der Waals surface area contributed by atoms with Crippen LogP contribution >= 0.6 is 11.3 Å². The predicted molar refractivity (Wildman–Crippen MR) is 125 cm³/mol. The topological polar surface area (TPSA) is 74.7 Å². The van der Waals surface area contributed by atoms with E-state index in [0.717, 1.165) is 36.5 Å². The van der Waals surface area contributed by atoms with Crippen molar-refractivity contribution in [3.05, 3.63) is 76.2 Å². The number of carbonyl (C=O) groups is 1. The molecule has 2 aromatic carbocycles. The number of anilines is 1. The fourth-order valence-electron chi connectivity index (χ4n) is 4.96. The molecular formula is C25H27N3O3S. The fourth-order valence-corrected chi connectivity index (χ4v) is 5.51. The molecule has 0 unspecified atom stereocenters. The van der Waals surface area contributed by atoms with Gasteiger partial charge in [0, 0.05) is 35.7 Å². The second kappa shape index (κ2) is 9.30. The van der Waals surface area contributed by atoms with Crippen LogP contribution in [-0.2, 0) is 13.2 Å². The Bertz CT molecular complexity index is 1020. The Balaban J connectivity index is 1.14. The molecule has 5 rings (SSSR count). The minimum Gasteiger partial charge on any atom is -0.487 e. The molecule has 3 aromatic rings. The van der Waals surface area contributed by atoms with Crippen molar-refractivity contribution in [3.8, 4) is 5.75 Å². The molecule has 0 aliphatic carbocycles. The second-order valence-electron chi connectivity index (χ2n) is 8.66. The number of aromatic carboxylic acids is 1. The van der Waals surface area contributed by atoms with E-state index in [0.29, 0.717) is 30.3 Å². The highest BCUT2D eigenvalue weighted by molar-refractivity contribution is 7.07. The quantitative estimate of drug-likeness (QED) is 0.503. The van der Waals surface area contributed by atoms with Crippen molar-refractivity contribution < 1.29 is 14.6 Å². The molecule has 3 atom stereocenters. The van der Waals surface area contributed by atoms with E-state index in [1.165, 1.54) is 18.4 Å². The first-order chi connectivity index (χ1) is 15.6. The van der Waals surface area contributed by atoms with E-state index < -0.39 is 5.97 Å². The van der Waals surface area contributed by atoms with Crippen molar-refractivity contribution in [1.82, 2.24) is 9.88 Å². The van der Waals surface area contributed by atoms with Crippen LogP contribution in [0.2, 0.25) is 0 Å². The zero-order valence-electron chi connectivity index (χ0n) is 17.8. The largest absolute Gasteiger partial charge is 0.487 e. The van der Waals surface area contributed by atoms with Crippen LogP contribution in [0.5, 0.6) is 5.75 Å². The number of nitrogens with zero attached hydrogens (tertiary/aromatic N) is 2. The normalized spacial score (nSPS) is 22.6. The molecule has 2 saturated heterocycles. The summed E-state index contributed by atoms with van der Waals surface area (Å²) in [6.45, 7) is 1.39. The Kier molecular flexibility index (Phi) is 6.10. The monoisotopic (exact) mass is 449 g/mol. The average Bonchev–Trinajstić information content (AvgIpc) is 3.39. The number of hydrogen-bond donors (Lipinski definition) is 2. The summed E-state index contributed by atoms with van der Waals surface area (Å²) < 4.78 is 5.81. The molecule has 2 fully saturated rings. The van der Waals surface area contributed by atoms with Gasteiger partial charge in [0.25, 0.3) is 0 Å². The van der Waals surface area contributed by atoms with E-state index in [4.69, 9.17) is 9.84 Å². The molecule has 0 radical (unpaired) electrons. The molecule has 2 bridgehead atoms. The number of nitrogens with one attached hydrogen (secondary N) is 1. The van der Waals surface area contributed by atoms with Gasteiger partial charge in [0.2, 0.25) is 0 Å². The van der Waals surface area contributed by atoms with Gasteiger partial charge in [0.1, 0.15) is 12.4 Å². The molecule has 166 valence electrons. The molecule has 1 aromatic heterocycles. The van der Waals surface area contributed by atoms with Gasteiger partial charge in [-0.1, -0.05) is 12.1 Å². The summed E-state index contributed by atoms with van der Waals surface area (Å²) in [6.07, 6.45) is 4.73. The van der Waals surface area contributed by atoms with Crippen LogP contribution in [0.3, 0.4) is 0 Å². The maximum Gasteiger partial charge on any atom is 0.335 e. The Morgan fingerprint density at radius 2 is 1.81 bits per heavy atom. The lowest BCUT2D eigenvalue weighted by atomic mass is 9.96. The highest BCUT2D eigenvalue weighted by Gasteiger charge is 2.40. The van der Waals surface area contributed by atoms with Gasteiger partial charge in [-0.05, 0) is 67.6 Å². The second-order valence-corrected chi connectivity index (χ2v) is 9.38. The highest BCUT2D eigenvalue weighted by Crippen LogP contribution is 2.38. The Morgan fingerprint density at radius 1 is 1.09 bits per heavy atom. The maximum absolute atomic E-state index is 11.1. The van der Waals surface area contributed by atoms with Gasteiger partial charge in [-0.3, -0.25) is 4.90 Å². The lowest BCUT2D eigenvalue weighted by Crippen LogP contribution is -2.46. The Morgan fingerprint density at radius 3 is 2.44 bits per heavy atom. The Labute approximate surface area is 191 Å². The molecule has 3 heterocycles. The van der Waals surface area contributed by atoms with Crippen molar-refractivity contribution in [2.45, 2.75) is 57.0 Å². The van der Waals surface area contributed by atoms with Gasteiger partial charge in [-0.15, -0.1) is 11.3 Å². The van der Waals surface area contributed by atoms with Crippen LogP contribution in [0.25, 0.3) is 0 Å². The Hall–Kier alpha value is -2.90. The van der Waals surface area contributed by atoms with Crippen molar-refractivity contribution in [2.24, 2.45) is 0 Å². The van der Waals surface area contributed by atoms with Gasteiger partial charge >= 0.3 is 5.97 Å². The number of ether oxygens (including phenoxy) is 1. The molecule has 0 spiro atoms. The predicted octanol–water partition coefficient (Wildman–Crippen LogP) is 5.03. The zero-order chi connectivity index (χ0) is 21.9. The summed E-state index contributed by atoms with van der Waals surface area (Å²) in [5.41, 5.74) is 5.44. The van der Waals surface area contributed by atoms with E-state index in [2.05, 4.69) is 27.3 Å². The first-order valence-corrected chi connectivity index (χ1v) is 12.0. The van der Waals surface area contributed by atoms with E-state index in [9.17, 15) is 4.79 Å². The zero-order valence-corrected chi connectivity index (χ0v) is 18.6. The number of thiazole rings is 1. The fraction of sp³-hybridized carbons (Fsp3) is 0.360. The number of rotatable bonds is 8. The van der Waals surface area contributed by atoms with Gasteiger partial charge in [-0.25, -0.2) is 9.78 Å². The molecule has 2 aliphatic rings. The third kappa shape index (κ3) is 4.79. The van der Waals surface area contributed by atoms with Gasteiger partial charge in [0.15, 0.2) is 0 Å². The van der Waals surface area contributed by atoms with Crippen molar-refractivity contribution >= 4 is 23.0 Å². The van der Waals surface area contributed by atoms with Crippen LogP contribution in [0.15, 0.2) is 59.4 Å². The SMILES string of the molecule is O=C(O)c1ccc(CN2[C@@H]3CC[C@H]2C[C@H](Nc2ccc(OCc4cscn4)cc2)C3)cc1. The summed E-state index contributed by atoms with van der Waals surface area (Å²) >= 11 is 1.58. The van der Waals surface area contributed by atoms with E-state index in [1.54, 1.807) is 23.5 Å². The van der Waals surface area contributed by atoms with Crippen LogP contribution in [0.4, 0.5) is 5.69 Å². The smallest absolute Gasteiger partial charge is 0.335 e. The summed E-state index contributed by atoms with van der Waals surface area (Å²) in [5.74, 6) is -0.0186. The number of benzene rings is 2. The number of hydrogen-bond acceptors (Lipinski definition) is 6. The molecular weight excluding hydrogens is 422 g/mol. The average molecular weight is 450 g/mol. The van der Waals surface area contributed by atoms with Crippen LogP contribution in [0.1, 0.15) is 47.3 Å². The maximum atomic E-state index is 11.1. The van der Waals surface area contributed by atoms with Gasteiger partial charge in [-0.2, -0.15) is 0 Å². The summed E-state index contributed by atoms with van der Waals surface area (Å²) in [7, 11) is 0. The summed E-state index contributed by atoms with van der Waals surface area (Å²) in [5, 5.41) is 14.8. The number of aromatic nitrogens is 1. The van der Waals surface area contributed by atoms with Crippen LogP contribution in [-0.4, -0.2) is 39.1 Å². The van der Waals surface area contributed by atoms with E-state index in [-0.39, 0.29) is 0 Å². The number of fused-ring (bicyclic) bond motifs is 2.